The van der Waals surface area contributed by atoms with E-state index in [1.54, 1.807) is 26.0 Å². The van der Waals surface area contributed by atoms with Gasteiger partial charge in [0.1, 0.15) is 0 Å². The van der Waals surface area contributed by atoms with Crippen LogP contribution in [-0.2, 0) is 14.8 Å². The molecule has 0 aliphatic carbocycles. The van der Waals surface area contributed by atoms with E-state index in [0.29, 0.717) is 18.4 Å². The van der Waals surface area contributed by atoms with E-state index in [4.69, 9.17) is 5.26 Å². The summed E-state index contributed by atoms with van der Waals surface area (Å²) in [4.78, 5) is 11.9. The molecule has 1 heterocycles. The van der Waals surface area contributed by atoms with Gasteiger partial charge in [0, 0.05) is 12.5 Å². The van der Waals surface area contributed by atoms with Crippen LogP contribution in [0.1, 0.15) is 43.9 Å². The molecule has 1 amide bonds. The van der Waals surface area contributed by atoms with Crippen molar-refractivity contribution in [3.63, 3.8) is 0 Å². The molecule has 0 saturated carbocycles. The number of benzene rings is 2. The minimum absolute atomic E-state index is 0.0823. The number of carbonyl (C=O) groups is 1. The van der Waals surface area contributed by atoms with E-state index in [0.717, 1.165) is 16.7 Å². The number of hydrogen-bond acceptors (Lipinski definition) is 4. The predicted molar refractivity (Wildman–Crippen MR) is 108 cm³/mol. The number of amides is 1. The first-order chi connectivity index (χ1) is 13.3. The fourth-order valence-corrected chi connectivity index (χ4v) is 4.16. The minimum Gasteiger partial charge on any atom is -0.348 e. The van der Waals surface area contributed by atoms with Crippen LogP contribution in [0.3, 0.4) is 0 Å². The van der Waals surface area contributed by atoms with Gasteiger partial charge in [-0.2, -0.15) is 5.26 Å². The molecule has 6 nitrogen and oxygen atoms in total. The van der Waals surface area contributed by atoms with Crippen LogP contribution >= 0.6 is 0 Å². The second kappa shape index (κ2) is 8.13. The summed E-state index contributed by atoms with van der Waals surface area (Å²) in [5.74, 6) is -0.0823. The van der Waals surface area contributed by atoms with E-state index in [1.807, 2.05) is 36.4 Å². The SMILES string of the molecule is CC(C)S(=O)(=O)NC1CCC(=O)NC1c1ccc(-c2ccc(C#N)cc2)cc1. The van der Waals surface area contributed by atoms with Crippen LogP contribution in [0.2, 0.25) is 0 Å². The quantitative estimate of drug-likeness (QED) is 0.810. The van der Waals surface area contributed by atoms with E-state index < -0.39 is 21.3 Å². The van der Waals surface area contributed by atoms with Gasteiger partial charge in [0.2, 0.25) is 15.9 Å². The van der Waals surface area contributed by atoms with Gasteiger partial charge in [-0.1, -0.05) is 36.4 Å². The fourth-order valence-electron chi connectivity index (χ4n) is 3.21. The number of carbonyl (C=O) groups excluding carboxylic acids is 1. The van der Waals surface area contributed by atoms with Crippen LogP contribution in [0.5, 0.6) is 0 Å². The molecule has 0 spiro atoms. The number of piperidine rings is 1. The highest BCUT2D eigenvalue weighted by atomic mass is 32.2. The van der Waals surface area contributed by atoms with Crippen molar-refractivity contribution >= 4 is 15.9 Å². The average molecular weight is 398 g/mol. The number of rotatable bonds is 5. The van der Waals surface area contributed by atoms with Crippen LogP contribution in [-0.4, -0.2) is 25.6 Å². The molecule has 7 heteroatoms. The van der Waals surface area contributed by atoms with Crippen LogP contribution in [0, 0.1) is 11.3 Å². The molecule has 1 fully saturated rings. The maximum absolute atomic E-state index is 12.3. The fraction of sp³-hybridized carbons (Fsp3) is 0.333. The highest BCUT2D eigenvalue weighted by molar-refractivity contribution is 7.90. The molecule has 2 N–H and O–H groups in total. The largest absolute Gasteiger partial charge is 0.348 e. The number of nitrogens with one attached hydrogen (secondary N) is 2. The molecule has 146 valence electrons. The second-order valence-corrected chi connectivity index (χ2v) is 9.48. The van der Waals surface area contributed by atoms with Crippen molar-refractivity contribution in [1.82, 2.24) is 10.0 Å². The Balaban J connectivity index is 1.84. The van der Waals surface area contributed by atoms with Crippen molar-refractivity contribution in [1.29, 1.82) is 5.26 Å². The van der Waals surface area contributed by atoms with Crippen molar-refractivity contribution in [2.45, 2.75) is 44.0 Å². The van der Waals surface area contributed by atoms with E-state index >= 15 is 0 Å². The third kappa shape index (κ3) is 4.41. The maximum Gasteiger partial charge on any atom is 0.220 e. The van der Waals surface area contributed by atoms with Gasteiger partial charge in [-0.05, 0) is 49.1 Å². The van der Waals surface area contributed by atoms with E-state index in [1.165, 1.54) is 0 Å². The average Bonchev–Trinajstić information content (AvgIpc) is 2.69. The lowest BCUT2D eigenvalue weighted by molar-refractivity contribution is -0.123. The van der Waals surface area contributed by atoms with Gasteiger partial charge in [0.05, 0.1) is 22.9 Å². The summed E-state index contributed by atoms with van der Waals surface area (Å²) in [6.45, 7) is 3.26. The number of nitrogens with zero attached hydrogens (tertiary/aromatic N) is 1. The second-order valence-electron chi connectivity index (χ2n) is 7.21. The van der Waals surface area contributed by atoms with Gasteiger partial charge in [-0.3, -0.25) is 4.79 Å². The molecule has 2 aromatic rings. The number of sulfonamides is 1. The zero-order valence-corrected chi connectivity index (χ0v) is 16.7. The minimum atomic E-state index is -3.44. The monoisotopic (exact) mass is 397 g/mol. The zero-order valence-electron chi connectivity index (χ0n) is 15.8. The van der Waals surface area contributed by atoms with Crippen molar-refractivity contribution < 1.29 is 13.2 Å². The molecule has 0 aromatic heterocycles. The van der Waals surface area contributed by atoms with Crippen LogP contribution < -0.4 is 10.0 Å². The number of hydrogen-bond donors (Lipinski definition) is 2. The Hall–Kier alpha value is -2.69. The molecular formula is C21H23N3O3S. The van der Waals surface area contributed by atoms with Gasteiger partial charge in [-0.25, -0.2) is 13.1 Å². The van der Waals surface area contributed by atoms with Crippen molar-refractivity contribution in [3.8, 4) is 17.2 Å². The first-order valence-corrected chi connectivity index (χ1v) is 10.8. The lowest BCUT2D eigenvalue weighted by Gasteiger charge is -2.33. The van der Waals surface area contributed by atoms with Crippen LogP contribution in [0.15, 0.2) is 48.5 Å². The van der Waals surface area contributed by atoms with E-state index in [-0.39, 0.29) is 11.9 Å². The van der Waals surface area contributed by atoms with Gasteiger partial charge >= 0.3 is 0 Å². The molecule has 28 heavy (non-hydrogen) atoms. The van der Waals surface area contributed by atoms with Crippen LogP contribution in [0.4, 0.5) is 0 Å². The first-order valence-electron chi connectivity index (χ1n) is 9.21. The third-order valence-corrected chi connectivity index (χ3v) is 6.83. The summed E-state index contributed by atoms with van der Waals surface area (Å²) < 4.78 is 27.4. The lowest BCUT2D eigenvalue weighted by Crippen LogP contribution is -2.51. The topological polar surface area (TPSA) is 99.1 Å². The molecule has 0 bridgehead atoms. The van der Waals surface area contributed by atoms with Crippen molar-refractivity contribution in [3.05, 3.63) is 59.7 Å². The summed E-state index contributed by atoms with van der Waals surface area (Å²) >= 11 is 0. The molecular weight excluding hydrogens is 374 g/mol. The summed E-state index contributed by atoms with van der Waals surface area (Å²) in [5.41, 5.74) is 3.41. The molecule has 3 rings (SSSR count). The van der Waals surface area contributed by atoms with Crippen molar-refractivity contribution in [2.24, 2.45) is 0 Å². The molecule has 1 saturated heterocycles. The molecule has 0 radical (unpaired) electrons. The van der Waals surface area contributed by atoms with Gasteiger partial charge in [-0.15, -0.1) is 0 Å². The lowest BCUT2D eigenvalue weighted by atomic mass is 9.91. The van der Waals surface area contributed by atoms with Crippen molar-refractivity contribution in [2.75, 3.05) is 0 Å². The van der Waals surface area contributed by atoms with Crippen LogP contribution in [0.25, 0.3) is 11.1 Å². The Morgan fingerprint density at radius 1 is 1.07 bits per heavy atom. The van der Waals surface area contributed by atoms with E-state index in [9.17, 15) is 13.2 Å². The Bertz CT molecular complexity index is 991. The molecule has 1 aliphatic rings. The highest BCUT2D eigenvalue weighted by Gasteiger charge is 2.33. The van der Waals surface area contributed by atoms with Gasteiger partial charge in [0.25, 0.3) is 0 Å². The zero-order chi connectivity index (χ0) is 20.3. The molecule has 1 aliphatic heterocycles. The highest BCUT2D eigenvalue weighted by Crippen LogP contribution is 2.28. The Morgan fingerprint density at radius 2 is 1.64 bits per heavy atom. The Kier molecular flexibility index (Phi) is 5.82. The number of nitriles is 1. The summed E-state index contributed by atoms with van der Waals surface area (Å²) in [6, 6.07) is 16.3. The first kappa shape index (κ1) is 20.1. The normalized spacial score (nSPS) is 19.9. The Labute approximate surface area is 165 Å². The maximum atomic E-state index is 12.3. The summed E-state index contributed by atoms with van der Waals surface area (Å²) in [7, 11) is -3.44. The van der Waals surface area contributed by atoms with E-state index in [2.05, 4.69) is 16.1 Å². The molecule has 2 unspecified atom stereocenters. The predicted octanol–water partition coefficient (Wildman–Crippen LogP) is 2.87. The van der Waals surface area contributed by atoms with Gasteiger partial charge < -0.3 is 5.32 Å². The summed E-state index contributed by atoms with van der Waals surface area (Å²) in [5, 5.41) is 11.3. The van der Waals surface area contributed by atoms with Gasteiger partial charge in [0.15, 0.2) is 0 Å². The molecule has 2 aromatic carbocycles. The molecule has 2 atom stereocenters. The third-order valence-electron chi connectivity index (χ3n) is 4.95. The Morgan fingerprint density at radius 3 is 2.18 bits per heavy atom. The summed E-state index contributed by atoms with van der Waals surface area (Å²) in [6.07, 6.45) is 0.755. The smallest absolute Gasteiger partial charge is 0.220 e. The standard InChI is InChI=1S/C21H23N3O3S/c1-14(2)28(26,27)24-19-11-12-20(25)23-21(19)18-9-7-17(8-10-18)16-5-3-15(13-22)4-6-16/h3-10,14,19,21,24H,11-12H2,1-2H3,(H,23,25).